The number of hydrogen-bond donors (Lipinski definition) is 9. The maximum atomic E-state index is 13.4. The Morgan fingerprint density at radius 2 is 0.630 bits per heavy atom. The van der Waals surface area contributed by atoms with Gasteiger partial charge in [-0.15, -0.1) is 0 Å². The van der Waals surface area contributed by atoms with E-state index in [-0.39, 0.29) is 18.9 Å². The topological polar surface area (TPSA) is 228 Å². The molecule has 2 saturated heterocycles. The Balaban J connectivity index is 1.58. The molecule has 0 aliphatic carbocycles. The summed E-state index contributed by atoms with van der Waals surface area (Å²) < 4.78 is 23.0. The molecule has 12 unspecified atom stereocenters. The van der Waals surface area contributed by atoms with E-state index < -0.39 is 86.8 Å². The van der Waals surface area contributed by atoms with Crippen molar-refractivity contribution in [3.63, 3.8) is 0 Å². The minimum absolute atomic E-state index is 0.229. The van der Waals surface area contributed by atoms with Crippen LogP contribution in [-0.4, -0.2) is 140 Å². The molecule has 0 aromatic heterocycles. The number of rotatable bonds is 75. The summed E-state index contributed by atoms with van der Waals surface area (Å²) in [5.74, 6) is -0.229. The van der Waals surface area contributed by atoms with Crippen LogP contribution in [0.15, 0.2) is 24.3 Å². The van der Waals surface area contributed by atoms with Crippen LogP contribution in [0.25, 0.3) is 0 Å². The lowest BCUT2D eigenvalue weighted by molar-refractivity contribution is -0.359. The van der Waals surface area contributed by atoms with Crippen molar-refractivity contribution in [3.05, 3.63) is 24.3 Å². The summed E-state index contributed by atoms with van der Waals surface area (Å²) in [6.07, 6.45) is 75.7. The average molecular weight is 1420 g/mol. The van der Waals surface area contributed by atoms with Gasteiger partial charge in [0.05, 0.1) is 32.0 Å². The lowest BCUT2D eigenvalue weighted by Crippen LogP contribution is -2.65. The maximum Gasteiger partial charge on any atom is 0.220 e. The van der Waals surface area contributed by atoms with E-state index in [9.17, 15) is 45.6 Å². The van der Waals surface area contributed by atoms with Crippen molar-refractivity contribution in [3.8, 4) is 0 Å². The molecule has 0 spiro atoms. The zero-order valence-electron chi connectivity index (χ0n) is 65.2. The van der Waals surface area contributed by atoms with Crippen LogP contribution in [0.5, 0.6) is 0 Å². The van der Waals surface area contributed by atoms with Gasteiger partial charge in [-0.2, -0.15) is 0 Å². The van der Waals surface area contributed by atoms with Crippen molar-refractivity contribution in [1.82, 2.24) is 5.32 Å². The van der Waals surface area contributed by atoms with Gasteiger partial charge in [0.1, 0.15) is 48.8 Å². The number of allylic oxidation sites excluding steroid dienone is 3. The number of amides is 1. The summed E-state index contributed by atoms with van der Waals surface area (Å²) in [4.78, 5) is 13.4. The summed E-state index contributed by atoms with van der Waals surface area (Å²) >= 11 is 0. The molecule has 0 radical (unpaired) electrons. The van der Waals surface area contributed by atoms with Crippen LogP contribution >= 0.6 is 0 Å². The molecule has 12 atom stereocenters. The second-order valence-corrected chi connectivity index (χ2v) is 31.0. The predicted octanol–water partition coefficient (Wildman–Crippen LogP) is 20.6. The molecular formula is C86H165NO13. The monoisotopic (exact) mass is 1420 g/mol. The second-order valence-electron chi connectivity index (χ2n) is 31.0. The van der Waals surface area contributed by atoms with Gasteiger partial charge in [-0.1, -0.05) is 398 Å². The molecule has 0 saturated carbocycles. The largest absolute Gasteiger partial charge is 0.394 e. The Morgan fingerprint density at radius 1 is 0.350 bits per heavy atom. The highest BCUT2D eigenvalue weighted by atomic mass is 16.7. The number of hydrogen-bond acceptors (Lipinski definition) is 13. The van der Waals surface area contributed by atoms with Crippen molar-refractivity contribution in [2.75, 3.05) is 19.8 Å². The SMILES string of the molecule is CCCCCCCCCC/C=C\CCCCCCCCCCCCCCCCCCCCCCCC(=O)NC(COC1OC(CO)C(OC2OC(CO)C(O)C(O)C2O)C(O)C1O)C(O)/C=C/CCCCCCCCCCCCCCCCCCCCCCCCCCCCCCCCC. The van der Waals surface area contributed by atoms with Crippen molar-refractivity contribution in [2.24, 2.45) is 0 Å². The number of aliphatic hydroxyl groups is 8. The van der Waals surface area contributed by atoms with E-state index in [0.29, 0.717) is 6.42 Å². The highest BCUT2D eigenvalue weighted by Gasteiger charge is 2.51. The number of unbranched alkanes of at least 4 members (excludes halogenated alkanes) is 60. The molecule has 100 heavy (non-hydrogen) atoms. The molecule has 0 aromatic rings. The number of carbonyl (C=O) groups excluding carboxylic acids is 1. The molecule has 2 heterocycles. The van der Waals surface area contributed by atoms with Crippen molar-refractivity contribution in [2.45, 2.75) is 498 Å². The zero-order chi connectivity index (χ0) is 72.2. The Bertz CT molecular complexity index is 1770. The summed E-state index contributed by atoms with van der Waals surface area (Å²) in [7, 11) is 0. The molecule has 0 aromatic carbocycles. The molecule has 1 amide bonds. The number of nitrogens with one attached hydrogen (secondary N) is 1. The van der Waals surface area contributed by atoms with Crippen molar-refractivity contribution in [1.29, 1.82) is 0 Å². The van der Waals surface area contributed by atoms with E-state index in [4.69, 9.17) is 18.9 Å². The molecular weight excluding hydrogens is 1250 g/mol. The van der Waals surface area contributed by atoms with Gasteiger partial charge >= 0.3 is 0 Å². The minimum atomic E-state index is -1.79. The number of ether oxygens (including phenoxy) is 4. The fourth-order valence-corrected chi connectivity index (χ4v) is 14.8. The molecule has 2 aliphatic heterocycles. The van der Waals surface area contributed by atoms with Gasteiger partial charge in [-0.25, -0.2) is 0 Å². The lowest BCUT2D eigenvalue weighted by Gasteiger charge is -2.46. The molecule has 2 rings (SSSR count). The zero-order valence-corrected chi connectivity index (χ0v) is 65.2. The first-order valence-electron chi connectivity index (χ1n) is 43.6. The Labute approximate surface area is 615 Å². The normalized spacial score (nSPS) is 21.9. The third-order valence-electron chi connectivity index (χ3n) is 21.6. The maximum absolute atomic E-state index is 13.4. The van der Waals surface area contributed by atoms with Gasteiger partial charge in [0, 0.05) is 6.42 Å². The van der Waals surface area contributed by atoms with Crippen LogP contribution in [0, 0.1) is 0 Å². The molecule has 14 nitrogen and oxygen atoms in total. The molecule has 0 bridgehead atoms. The molecule has 2 aliphatic rings. The highest BCUT2D eigenvalue weighted by molar-refractivity contribution is 5.76. The fraction of sp³-hybridized carbons (Fsp3) is 0.942. The first-order valence-corrected chi connectivity index (χ1v) is 43.6. The van der Waals surface area contributed by atoms with Crippen LogP contribution in [0.2, 0.25) is 0 Å². The number of aliphatic hydroxyl groups excluding tert-OH is 8. The van der Waals surface area contributed by atoms with Crippen LogP contribution in [0.3, 0.4) is 0 Å². The first-order chi connectivity index (χ1) is 49.1. The van der Waals surface area contributed by atoms with E-state index in [1.807, 2.05) is 6.08 Å². The Morgan fingerprint density at radius 3 is 0.950 bits per heavy atom. The first kappa shape index (κ1) is 94.6. The van der Waals surface area contributed by atoms with Gasteiger partial charge in [0.15, 0.2) is 12.6 Å². The third-order valence-corrected chi connectivity index (χ3v) is 21.6. The summed E-state index contributed by atoms with van der Waals surface area (Å²) in [5.41, 5.74) is 0. The quantitative estimate of drug-likeness (QED) is 0.0204. The Kier molecular flexibility index (Phi) is 66.6. The number of carbonyl (C=O) groups is 1. The van der Waals surface area contributed by atoms with E-state index in [1.165, 1.54) is 360 Å². The summed E-state index contributed by atoms with van der Waals surface area (Å²) in [5, 5.41) is 87.8. The van der Waals surface area contributed by atoms with Crippen LogP contribution in [-0.2, 0) is 23.7 Å². The predicted molar refractivity (Wildman–Crippen MR) is 415 cm³/mol. The summed E-state index contributed by atoms with van der Waals surface area (Å²) in [6, 6.07) is -0.914. The van der Waals surface area contributed by atoms with Gasteiger partial charge in [-0.3, -0.25) is 4.79 Å². The van der Waals surface area contributed by atoms with Crippen molar-refractivity contribution >= 4 is 5.91 Å². The molecule has 2 fully saturated rings. The van der Waals surface area contributed by atoms with Gasteiger partial charge in [-0.05, 0) is 44.9 Å². The fourth-order valence-electron chi connectivity index (χ4n) is 14.8. The average Bonchev–Trinajstić information content (AvgIpc) is 0.791. The highest BCUT2D eigenvalue weighted by Crippen LogP contribution is 2.31. The van der Waals surface area contributed by atoms with Gasteiger partial charge in [0.2, 0.25) is 5.91 Å². The third kappa shape index (κ3) is 52.5. The smallest absolute Gasteiger partial charge is 0.220 e. The van der Waals surface area contributed by atoms with Gasteiger partial charge < -0.3 is 65.1 Å². The molecule has 14 heteroatoms. The standard InChI is InChI=1S/C86H165NO13/c1-3-5-7-9-11-13-15-17-19-21-23-25-27-29-31-33-35-37-39-41-43-45-47-49-51-53-55-57-59-61-63-65-67-69-75(90)74(73-97-85-83(96)81(94)84(77(72-89)99-85)100-86-82(95)80(93)79(92)76(71-88)98-86)87-78(91)70-68-66-64-62-60-58-56-54-52-50-48-46-44-42-40-38-36-34-32-30-28-26-24-22-20-18-16-14-12-10-8-6-4-2/h22,24,67,69,74-77,79-86,88-90,92-96H,3-21,23,25-66,68,70-73H2,1-2H3,(H,87,91)/b24-22-,69-67+. The van der Waals surface area contributed by atoms with Gasteiger partial charge in [0.25, 0.3) is 0 Å². The van der Waals surface area contributed by atoms with E-state index in [2.05, 4.69) is 31.3 Å². The summed E-state index contributed by atoms with van der Waals surface area (Å²) in [6.45, 7) is 2.88. The van der Waals surface area contributed by atoms with E-state index in [0.717, 1.165) is 38.5 Å². The van der Waals surface area contributed by atoms with Crippen molar-refractivity contribution < 1.29 is 64.6 Å². The van der Waals surface area contributed by atoms with E-state index in [1.54, 1.807) is 6.08 Å². The molecule has 9 N–H and O–H groups in total. The minimum Gasteiger partial charge on any atom is -0.394 e. The Hall–Kier alpha value is -1.53. The van der Waals surface area contributed by atoms with Crippen LogP contribution in [0.4, 0.5) is 0 Å². The van der Waals surface area contributed by atoms with Crippen LogP contribution < -0.4 is 5.32 Å². The van der Waals surface area contributed by atoms with Crippen LogP contribution in [0.1, 0.15) is 425 Å². The van der Waals surface area contributed by atoms with E-state index >= 15 is 0 Å². The lowest BCUT2D eigenvalue weighted by atomic mass is 9.97. The molecule has 592 valence electrons. The second kappa shape index (κ2) is 70.5.